The molecule has 1 saturated heterocycles. The molecule has 1 rings (SSSR count). The van der Waals surface area contributed by atoms with Crippen LogP contribution < -0.4 is 10.6 Å². The van der Waals surface area contributed by atoms with Gasteiger partial charge in [0.25, 0.3) is 0 Å². The molecular weight excluding hydrogens is 124 g/mol. The Morgan fingerprint density at radius 3 is 2.60 bits per heavy atom. The van der Waals surface area contributed by atoms with Crippen LogP contribution in [-0.2, 0) is 0 Å². The second-order valence-electron chi connectivity index (χ2n) is 2.35. The maximum atomic E-state index is 3.40. The van der Waals surface area contributed by atoms with Gasteiger partial charge in [0.2, 0.25) is 0 Å². The molecule has 10 heavy (non-hydrogen) atoms. The molecule has 2 N–H and O–H groups in total. The quantitative estimate of drug-likeness (QED) is 0.604. The summed E-state index contributed by atoms with van der Waals surface area (Å²) in [6, 6.07) is 0.750. The molecule has 0 saturated carbocycles. The van der Waals surface area contributed by atoms with Gasteiger partial charge >= 0.3 is 0 Å². The first kappa shape index (κ1) is 9.92. The number of hydrogen-bond acceptors (Lipinski definition) is 2. The van der Waals surface area contributed by atoms with Gasteiger partial charge in [-0.15, -0.1) is 0 Å². The number of likely N-dealkylation sites (N-methyl/N-ethyl adjacent to an activating group) is 1. The first-order valence-corrected chi connectivity index (χ1v) is 4.31. The fourth-order valence-corrected chi connectivity index (χ4v) is 1.18. The minimum atomic E-state index is 0.750. The van der Waals surface area contributed by atoms with Gasteiger partial charge in [0.1, 0.15) is 0 Å². The highest BCUT2D eigenvalue weighted by Crippen LogP contribution is 2.02. The number of rotatable bonds is 2. The van der Waals surface area contributed by atoms with Crippen molar-refractivity contribution in [2.45, 2.75) is 32.7 Å². The summed E-state index contributed by atoms with van der Waals surface area (Å²) in [7, 11) is 2.00. The van der Waals surface area contributed by atoms with Gasteiger partial charge in [0.05, 0.1) is 0 Å². The van der Waals surface area contributed by atoms with Crippen LogP contribution in [0.3, 0.4) is 0 Å². The SMILES string of the molecule is CC.CNCC1CCCN1. The molecule has 62 valence electrons. The summed E-state index contributed by atoms with van der Waals surface area (Å²) in [5.41, 5.74) is 0. The van der Waals surface area contributed by atoms with Crippen LogP contribution in [0.15, 0.2) is 0 Å². The summed E-state index contributed by atoms with van der Waals surface area (Å²) in [6.07, 6.45) is 2.70. The average Bonchev–Trinajstić information content (AvgIpc) is 2.46. The normalized spacial score (nSPS) is 23.7. The van der Waals surface area contributed by atoms with Crippen molar-refractivity contribution in [3.05, 3.63) is 0 Å². The topological polar surface area (TPSA) is 24.1 Å². The monoisotopic (exact) mass is 144 g/mol. The maximum Gasteiger partial charge on any atom is 0.0192 e. The molecule has 1 atom stereocenters. The van der Waals surface area contributed by atoms with Gasteiger partial charge in [-0.05, 0) is 26.4 Å². The molecule has 1 aliphatic heterocycles. The van der Waals surface area contributed by atoms with Crippen molar-refractivity contribution in [2.75, 3.05) is 20.1 Å². The Hall–Kier alpha value is -0.0800. The Labute approximate surface area is 64.4 Å². The molecule has 1 unspecified atom stereocenters. The Balaban J connectivity index is 0.000000371. The van der Waals surface area contributed by atoms with Crippen molar-refractivity contribution >= 4 is 0 Å². The minimum absolute atomic E-state index is 0.750. The van der Waals surface area contributed by atoms with Crippen LogP contribution in [0.25, 0.3) is 0 Å². The van der Waals surface area contributed by atoms with Crippen LogP contribution in [0.4, 0.5) is 0 Å². The Bertz CT molecular complexity index is 58.3. The van der Waals surface area contributed by atoms with E-state index < -0.39 is 0 Å². The van der Waals surface area contributed by atoms with E-state index in [0.717, 1.165) is 12.6 Å². The van der Waals surface area contributed by atoms with Gasteiger partial charge < -0.3 is 10.6 Å². The highest BCUT2D eigenvalue weighted by Gasteiger charge is 2.11. The van der Waals surface area contributed by atoms with Crippen LogP contribution in [0, 0.1) is 0 Å². The fourth-order valence-electron chi connectivity index (χ4n) is 1.18. The van der Waals surface area contributed by atoms with Crippen molar-refractivity contribution in [2.24, 2.45) is 0 Å². The van der Waals surface area contributed by atoms with Crippen LogP contribution in [-0.4, -0.2) is 26.2 Å². The van der Waals surface area contributed by atoms with Crippen molar-refractivity contribution < 1.29 is 0 Å². The molecule has 1 heterocycles. The zero-order valence-corrected chi connectivity index (χ0v) is 7.41. The third-order valence-corrected chi connectivity index (χ3v) is 1.61. The molecule has 0 radical (unpaired) electrons. The third kappa shape index (κ3) is 3.85. The number of nitrogens with one attached hydrogen (secondary N) is 2. The van der Waals surface area contributed by atoms with Crippen LogP contribution in [0.1, 0.15) is 26.7 Å². The molecular formula is C8H20N2. The predicted molar refractivity (Wildman–Crippen MR) is 46.3 cm³/mol. The maximum absolute atomic E-state index is 3.40. The van der Waals surface area contributed by atoms with E-state index in [1.54, 1.807) is 0 Å². The molecule has 0 aromatic heterocycles. The largest absolute Gasteiger partial charge is 0.318 e. The van der Waals surface area contributed by atoms with Gasteiger partial charge in [-0.1, -0.05) is 13.8 Å². The van der Waals surface area contributed by atoms with E-state index in [1.165, 1.54) is 19.4 Å². The average molecular weight is 144 g/mol. The van der Waals surface area contributed by atoms with Crippen LogP contribution in [0.2, 0.25) is 0 Å². The summed E-state index contributed by atoms with van der Waals surface area (Å²) in [5, 5.41) is 6.54. The summed E-state index contributed by atoms with van der Waals surface area (Å²) in [5.74, 6) is 0. The first-order chi connectivity index (χ1) is 4.93. The second-order valence-corrected chi connectivity index (χ2v) is 2.35. The van der Waals surface area contributed by atoms with E-state index in [4.69, 9.17) is 0 Å². The van der Waals surface area contributed by atoms with Crippen LogP contribution >= 0.6 is 0 Å². The Morgan fingerprint density at radius 1 is 1.50 bits per heavy atom. The number of hydrogen-bond donors (Lipinski definition) is 2. The third-order valence-electron chi connectivity index (χ3n) is 1.61. The van der Waals surface area contributed by atoms with Gasteiger partial charge in [-0.3, -0.25) is 0 Å². The molecule has 0 aromatic rings. The molecule has 1 aliphatic rings. The molecule has 0 aromatic carbocycles. The summed E-state index contributed by atoms with van der Waals surface area (Å²) in [4.78, 5) is 0. The van der Waals surface area contributed by atoms with E-state index in [2.05, 4.69) is 10.6 Å². The lowest BCUT2D eigenvalue weighted by Gasteiger charge is -2.06. The molecule has 0 amide bonds. The summed E-state index contributed by atoms with van der Waals surface area (Å²) >= 11 is 0. The Morgan fingerprint density at radius 2 is 2.20 bits per heavy atom. The lowest BCUT2D eigenvalue weighted by Crippen LogP contribution is -2.31. The van der Waals surface area contributed by atoms with E-state index in [9.17, 15) is 0 Å². The molecule has 2 nitrogen and oxygen atoms in total. The molecule has 2 heteroatoms. The van der Waals surface area contributed by atoms with Crippen molar-refractivity contribution in [3.63, 3.8) is 0 Å². The summed E-state index contributed by atoms with van der Waals surface area (Å²) in [6.45, 7) is 6.34. The van der Waals surface area contributed by atoms with E-state index >= 15 is 0 Å². The molecule has 0 bridgehead atoms. The second kappa shape index (κ2) is 7.03. The fraction of sp³-hybridized carbons (Fsp3) is 1.00. The molecule has 0 aliphatic carbocycles. The highest BCUT2D eigenvalue weighted by atomic mass is 15.0. The van der Waals surface area contributed by atoms with Gasteiger partial charge in [-0.25, -0.2) is 0 Å². The molecule has 0 spiro atoms. The lowest BCUT2D eigenvalue weighted by atomic mass is 10.2. The van der Waals surface area contributed by atoms with Crippen molar-refractivity contribution in [1.29, 1.82) is 0 Å². The summed E-state index contributed by atoms with van der Waals surface area (Å²) < 4.78 is 0. The van der Waals surface area contributed by atoms with E-state index in [-0.39, 0.29) is 0 Å². The zero-order chi connectivity index (χ0) is 7.82. The minimum Gasteiger partial charge on any atom is -0.318 e. The highest BCUT2D eigenvalue weighted by molar-refractivity contribution is 4.74. The standard InChI is InChI=1S/C6H14N2.C2H6/c1-7-5-6-3-2-4-8-6;1-2/h6-8H,2-5H2,1H3;1-2H3. The Kier molecular flexibility index (Phi) is 6.98. The van der Waals surface area contributed by atoms with E-state index in [0.29, 0.717) is 0 Å². The van der Waals surface area contributed by atoms with Gasteiger partial charge in [0, 0.05) is 12.6 Å². The molecule has 1 fully saturated rings. The van der Waals surface area contributed by atoms with Gasteiger partial charge in [-0.2, -0.15) is 0 Å². The van der Waals surface area contributed by atoms with Crippen LogP contribution in [0.5, 0.6) is 0 Å². The van der Waals surface area contributed by atoms with E-state index in [1.807, 2.05) is 20.9 Å². The lowest BCUT2D eigenvalue weighted by molar-refractivity contribution is 0.568. The zero-order valence-electron chi connectivity index (χ0n) is 7.41. The van der Waals surface area contributed by atoms with Crippen molar-refractivity contribution in [1.82, 2.24) is 10.6 Å². The van der Waals surface area contributed by atoms with Crippen molar-refractivity contribution in [3.8, 4) is 0 Å². The first-order valence-electron chi connectivity index (χ1n) is 4.31. The smallest absolute Gasteiger partial charge is 0.0192 e. The predicted octanol–water partition coefficient (Wildman–Crippen LogP) is 0.984. The van der Waals surface area contributed by atoms with Gasteiger partial charge in [0.15, 0.2) is 0 Å².